The van der Waals surface area contributed by atoms with Gasteiger partial charge >= 0.3 is 0 Å². The van der Waals surface area contributed by atoms with E-state index in [-0.39, 0.29) is 5.75 Å². The van der Waals surface area contributed by atoms with E-state index in [0.717, 1.165) is 11.1 Å². The number of para-hydroxylation sites is 1. The van der Waals surface area contributed by atoms with Gasteiger partial charge in [0.15, 0.2) is 17.2 Å². The fraction of sp³-hybridized carbons (Fsp3) is 0.238. The maximum absolute atomic E-state index is 12.9. The van der Waals surface area contributed by atoms with Crippen molar-refractivity contribution in [2.24, 2.45) is 0 Å². The van der Waals surface area contributed by atoms with Crippen LogP contribution >= 0.6 is 0 Å². The first-order chi connectivity index (χ1) is 15.6. The number of anilines is 3. The van der Waals surface area contributed by atoms with Crippen molar-refractivity contribution in [2.75, 3.05) is 36.4 Å². The van der Waals surface area contributed by atoms with Crippen LogP contribution in [0.4, 0.5) is 17.3 Å². The summed E-state index contributed by atoms with van der Waals surface area (Å²) in [4.78, 5) is 6.01. The minimum Gasteiger partial charge on any atom is -0.356 e. The van der Waals surface area contributed by atoms with E-state index in [1.807, 2.05) is 47.4 Å². The summed E-state index contributed by atoms with van der Waals surface area (Å²) in [5.74, 6) is 1.16. The third kappa shape index (κ3) is 4.25. The van der Waals surface area contributed by atoms with Crippen LogP contribution in [0, 0.1) is 0 Å². The van der Waals surface area contributed by atoms with Crippen molar-refractivity contribution in [1.82, 2.24) is 24.6 Å². The Bertz CT molecular complexity index is 1300. The molecular weight excluding hydrogens is 430 g/mol. The summed E-state index contributed by atoms with van der Waals surface area (Å²) in [5.41, 5.74) is 1.90. The normalized spacial score (nSPS) is 15.2. The van der Waals surface area contributed by atoms with Gasteiger partial charge in [0.2, 0.25) is 10.0 Å². The predicted octanol–water partition coefficient (Wildman–Crippen LogP) is 2.41. The monoisotopic (exact) mass is 451 g/mol. The lowest BCUT2D eigenvalue weighted by molar-refractivity contribution is 0.381. The molecule has 1 fully saturated rings. The van der Waals surface area contributed by atoms with Crippen LogP contribution in [0.5, 0.6) is 0 Å². The molecule has 0 atom stereocenters. The number of hydrogen-bond acceptors (Lipinski definition) is 9. The minimum atomic E-state index is -3.51. The largest absolute Gasteiger partial charge is 0.356 e. The highest BCUT2D eigenvalue weighted by Gasteiger charge is 2.29. The molecule has 4 heterocycles. The summed E-state index contributed by atoms with van der Waals surface area (Å²) in [6, 6.07) is 14.7. The molecule has 1 saturated heterocycles. The summed E-state index contributed by atoms with van der Waals surface area (Å²) >= 11 is 0. The molecule has 164 valence electrons. The second-order valence-corrected chi connectivity index (χ2v) is 9.37. The van der Waals surface area contributed by atoms with Crippen LogP contribution in [0.3, 0.4) is 0 Å². The molecule has 10 nitrogen and oxygen atoms in total. The predicted molar refractivity (Wildman–Crippen MR) is 120 cm³/mol. The molecule has 0 unspecified atom stereocenters. The lowest BCUT2D eigenvalue weighted by Gasteiger charge is -2.34. The number of nitrogens with zero attached hydrogens (tertiary/aromatic N) is 6. The first-order valence-electron chi connectivity index (χ1n) is 10.2. The molecule has 11 heteroatoms. The van der Waals surface area contributed by atoms with Gasteiger partial charge in [-0.05, 0) is 36.4 Å². The quantitative estimate of drug-likeness (QED) is 0.471. The van der Waals surface area contributed by atoms with Crippen LogP contribution in [-0.4, -0.2) is 59.2 Å². The van der Waals surface area contributed by atoms with Crippen LogP contribution in [0.2, 0.25) is 0 Å². The standard InChI is InChI=1S/C21H21N7O3S/c29-32(30,15-18-17-3-1-2-4-19(17)31-26-18)28-13-11-27(12-14-28)21-6-5-20(24-25-21)23-16-7-9-22-10-8-16/h1-10H,11-15H2,(H,22,23,24). The zero-order valence-electron chi connectivity index (χ0n) is 17.1. The molecular formula is C21H21N7O3S. The molecule has 0 amide bonds. The Morgan fingerprint density at radius 1 is 0.938 bits per heavy atom. The van der Waals surface area contributed by atoms with Crippen molar-refractivity contribution in [1.29, 1.82) is 0 Å². The van der Waals surface area contributed by atoms with Gasteiger partial charge in [0.25, 0.3) is 0 Å². The Morgan fingerprint density at radius 2 is 1.72 bits per heavy atom. The van der Waals surface area contributed by atoms with Crippen molar-refractivity contribution in [3.63, 3.8) is 0 Å². The third-order valence-electron chi connectivity index (χ3n) is 5.33. The van der Waals surface area contributed by atoms with E-state index >= 15 is 0 Å². The van der Waals surface area contributed by atoms with Gasteiger partial charge in [-0.1, -0.05) is 17.3 Å². The summed E-state index contributed by atoms with van der Waals surface area (Å²) in [5, 5.41) is 16.4. The number of fused-ring (bicyclic) bond motifs is 1. The van der Waals surface area contributed by atoms with Crippen LogP contribution in [0.1, 0.15) is 5.69 Å². The lowest BCUT2D eigenvalue weighted by atomic mass is 10.2. The lowest BCUT2D eigenvalue weighted by Crippen LogP contribution is -2.49. The fourth-order valence-electron chi connectivity index (χ4n) is 3.65. The molecule has 1 N–H and O–H groups in total. The van der Waals surface area contributed by atoms with E-state index in [9.17, 15) is 8.42 Å². The molecule has 32 heavy (non-hydrogen) atoms. The molecule has 1 aromatic carbocycles. The van der Waals surface area contributed by atoms with Gasteiger partial charge in [-0.3, -0.25) is 4.98 Å². The van der Waals surface area contributed by atoms with Gasteiger partial charge in [-0.25, -0.2) is 8.42 Å². The molecule has 0 bridgehead atoms. The zero-order valence-corrected chi connectivity index (χ0v) is 17.9. The molecule has 0 radical (unpaired) electrons. The Hall–Kier alpha value is -3.57. The number of hydrogen-bond donors (Lipinski definition) is 1. The van der Waals surface area contributed by atoms with Gasteiger partial charge in [0, 0.05) is 49.6 Å². The third-order valence-corrected chi connectivity index (χ3v) is 7.12. The maximum atomic E-state index is 12.9. The van der Waals surface area contributed by atoms with Crippen molar-refractivity contribution in [3.8, 4) is 0 Å². The van der Waals surface area contributed by atoms with E-state index in [1.165, 1.54) is 4.31 Å². The van der Waals surface area contributed by atoms with Crippen molar-refractivity contribution in [3.05, 3.63) is 66.6 Å². The van der Waals surface area contributed by atoms with Crippen molar-refractivity contribution >= 4 is 38.3 Å². The van der Waals surface area contributed by atoms with E-state index in [2.05, 4.69) is 25.7 Å². The highest BCUT2D eigenvalue weighted by atomic mass is 32.2. The Labute approximate surface area is 184 Å². The topological polar surface area (TPSA) is 117 Å². The number of nitrogens with one attached hydrogen (secondary N) is 1. The molecule has 1 aliphatic rings. The van der Waals surface area contributed by atoms with Crippen molar-refractivity contribution in [2.45, 2.75) is 5.75 Å². The van der Waals surface area contributed by atoms with Gasteiger partial charge in [-0.2, -0.15) is 4.31 Å². The summed E-state index contributed by atoms with van der Waals surface area (Å²) in [7, 11) is -3.51. The molecule has 0 saturated carbocycles. The van der Waals surface area contributed by atoms with Crippen molar-refractivity contribution < 1.29 is 12.9 Å². The average molecular weight is 452 g/mol. The average Bonchev–Trinajstić information content (AvgIpc) is 3.23. The first kappa shape index (κ1) is 20.3. The molecule has 3 aromatic heterocycles. The SMILES string of the molecule is O=S(=O)(Cc1noc2ccccc12)N1CCN(c2ccc(Nc3ccncc3)nn2)CC1. The fourth-order valence-corrected chi connectivity index (χ4v) is 5.10. The van der Waals surface area contributed by atoms with E-state index in [0.29, 0.717) is 49.1 Å². The number of benzene rings is 1. The van der Waals surface area contributed by atoms with E-state index in [1.54, 1.807) is 18.5 Å². The van der Waals surface area contributed by atoms with E-state index < -0.39 is 10.0 Å². The first-order valence-corrected chi connectivity index (χ1v) is 11.8. The Morgan fingerprint density at radius 3 is 2.47 bits per heavy atom. The molecule has 1 aliphatic heterocycles. The highest BCUT2D eigenvalue weighted by molar-refractivity contribution is 7.88. The number of pyridine rings is 1. The van der Waals surface area contributed by atoms with Crippen LogP contribution in [-0.2, 0) is 15.8 Å². The van der Waals surface area contributed by atoms with Crippen LogP contribution < -0.4 is 10.2 Å². The number of sulfonamides is 1. The number of piperazine rings is 1. The number of aromatic nitrogens is 4. The smallest absolute Gasteiger partial charge is 0.220 e. The van der Waals surface area contributed by atoms with Gasteiger partial charge in [-0.15, -0.1) is 10.2 Å². The second-order valence-electron chi connectivity index (χ2n) is 7.41. The maximum Gasteiger partial charge on any atom is 0.220 e. The molecule has 4 aromatic rings. The van der Waals surface area contributed by atoms with Gasteiger partial charge in [0.1, 0.15) is 11.4 Å². The summed E-state index contributed by atoms with van der Waals surface area (Å²) in [6.07, 6.45) is 3.39. The highest BCUT2D eigenvalue weighted by Crippen LogP contribution is 2.23. The van der Waals surface area contributed by atoms with Crippen LogP contribution in [0.15, 0.2) is 65.4 Å². The second kappa shape index (κ2) is 8.52. The summed E-state index contributed by atoms with van der Waals surface area (Å²) < 4.78 is 32.6. The van der Waals surface area contributed by atoms with Gasteiger partial charge < -0.3 is 14.7 Å². The van der Waals surface area contributed by atoms with E-state index in [4.69, 9.17) is 4.52 Å². The number of rotatable bonds is 6. The Kier molecular flexibility index (Phi) is 5.41. The molecule has 5 rings (SSSR count). The minimum absolute atomic E-state index is 0.181. The zero-order chi connectivity index (χ0) is 22.0. The molecule has 0 aliphatic carbocycles. The van der Waals surface area contributed by atoms with Crippen LogP contribution in [0.25, 0.3) is 11.0 Å². The van der Waals surface area contributed by atoms with Gasteiger partial charge in [0.05, 0.1) is 0 Å². The molecule has 0 spiro atoms. The summed E-state index contributed by atoms with van der Waals surface area (Å²) in [6.45, 7) is 1.81. The Balaban J connectivity index is 1.21.